The zero-order valence-electron chi connectivity index (χ0n) is 8.88. The Bertz CT molecular complexity index is 264. The highest BCUT2D eigenvalue weighted by atomic mass is 19.4. The normalized spacial score (nSPS) is 18.6. The zero-order valence-corrected chi connectivity index (χ0v) is 8.88. The molecule has 0 unspecified atom stereocenters. The van der Waals surface area contributed by atoms with Gasteiger partial charge in [0.05, 0.1) is 0 Å². The Morgan fingerprint density at radius 3 is 2.47 bits per heavy atom. The van der Waals surface area contributed by atoms with E-state index in [1.54, 1.807) is 13.0 Å². The van der Waals surface area contributed by atoms with Crippen LogP contribution in [0.4, 0.5) is 13.2 Å². The molecule has 15 heavy (non-hydrogen) atoms. The van der Waals surface area contributed by atoms with Crippen LogP contribution in [0.25, 0.3) is 0 Å². The van der Waals surface area contributed by atoms with Gasteiger partial charge in [-0.3, -0.25) is 5.01 Å². The SMILES string of the molecule is CCN(C)/N=C(\C=C\C1CC1)C(F)(F)F. The highest BCUT2D eigenvalue weighted by Crippen LogP contribution is 2.30. The van der Waals surface area contributed by atoms with Gasteiger partial charge in [0.1, 0.15) is 0 Å². The van der Waals surface area contributed by atoms with Crippen LogP contribution in [0.5, 0.6) is 0 Å². The lowest BCUT2D eigenvalue weighted by atomic mass is 10.3. The topological polar surface area (TPSA) is 15.6 Å². The predicted molar refractivity (Wildman–Crippen MR) is 53.7 cm³/mol. The molecule has 0 aliphatic heterocycles. The zero-order chi connectivity index (χ0) is 11.5. The Hall–Kier alpha value is -1.00. The number of hydrogen-bond acceptors (Lipinski definition) is 2. The van der Waals surface area contributed by atoms with E-state index in [1.165, 1.54) is 12.1 Å². The Kier molecular flexibility index (Phi) is 3.77. The van der Waals surface area contributed by atoms with E-state index in [-0.39, 0.29) is 0 Å². The molecule has 1 aliphatic rings. The minimum atomic E-state index is -4.37. The average molecular weight is 220 g/mol. The molecule has 1 aliphatic carbocycles. The van der Waals surface area contributed by atoms with Crippen molar-refractivity contribution in [2.75, 3.05) is 13.6 Å². The first-order valence-electron chi connectivity index (χ1n) is 4.98. The molecule has 0 radical (unpaired) electrons. The van der Waals surface area contributed by atoms with Crippen LogP contribution in [-0.2, 0) is 0 Å². The molecule has 0 aromatic heterocycles. The Morgan fingerprint density at radius 2 is 2.07 bits per heavy atom. The molecule has 0 bridgehead atoms. The second-order valence-corrected chi connectivity index (χ2v) is 3.65. The third kappa shape index (κ3) is 4.36. The molecule has 0 saturated heterocycles. The molecule has 1 fully saturated rings. The highest BCUT2D eigenvalue weighted by Gasteiger charge is 2.35. The van der Waals surface area contributed by atoms with E-state index in [0.29, 0.717) is 12.5 Å². The summed E-state index contributed by atoms with van der Waals surface area (Å²) in [6.07, 6.45) is 0.297. The van der Waals surface area contributed by atoms with Gasteiger partial charge in [0, 0.05) is 13.6 Å². The predicted octanol–water partition coefficient (Wildman–Crippen LogP) is 2.82. The molecule has 86 valence electrons. The van der Waals surface area contributed by atoms with Crippen molar-refractivity contribution >= 4 is 5.71 Å². The van der Waals surface area contributed by atoms with Gasteiger partial charge in [-0.25, -0.2) is 0 Å². The summed E-state index contributed by atoms with van der Waals surface area (Å²) in [5, 5.41) is 4.78. The molecule has 0 heterocycles. The summed E-state index contributed by atoms with van der Waals surface area (Å²) >= 11 is 0. The number of rotatable bonds is 4. The number of alkyl halides is 3. The molecule has 1 rings (SSSR count). The van der Waals surface area contributed by atoms with Crippen LogP contribution < -0.4 is 0 Å². The molecule has 2 nitrogen and oxygen atoms in total. The lowest BCUT2D eigenvalue weighted by Gasteiger charge is -2.13. The van der Waals surface area contributed by atoms with Gasteiger partial charge in [-0.15, -0.1) is 0 Å². The number of hydrazone groups is 1. The lowest BCUT2D eigenvalue weighted by Crippen LogP contribution is -2.25. The first-order chi connectivity index (χ1) is 6.93. The highest BCUT2D eigenvalue weighted by molar-refractivity contribution is 5.99. The maximum absolute atomic E-state index is 12.5. The third-order valence-corrected chi connectivity index (χ3v) is 2.17. The van der Waals surface area contributed by atoms with Crippen LogP contribution in [0.1, 0.15) is 19.8 Å². The van der Waals surface area contributed by atoms with Crippen molar-refractivity contribution in [1.29, 1.82) is 0 Å². The van der Waals surface area contributed by atoms with E-state index in [4.69, 9.17) is 0 Å². The van der Waals surface area contributed by atoms with Crippen molar-refractivity contribution in [3.05, 3.63) is 12.2 Å². The fourth-order valence-corrected chi connectivity index (χ4v) is 0.955. The Morgan fingerprint density at radius 1 is 1.47 bits per heavy atom. The molecule has 0 atom stereocenters. The third-order valence-electron chi connectivity index (χ3n) is 2.17. The van der Waals surface area contributed by atoms with Crippen molar-refractivity contribution < 1.29 is 13.2 Å². The maximum Gasteiger partial charge on any atom is 0.435 e. The first kappa shape index (κ1) is 12.1. The molecular formula is C10H15F3N2. The first-order valence-corrected chi connectivity index (χ1v) is 4.98. The van der Waals surface area contributed by atoms with Gasteiger partial charge in [0.15, 0.2) is 5.71 Å². The molecule has 0 aromatic carbocycles. The Balaban J connectivity index is 2.72. The van der Waals surface area contributed by atoms with Crippen LogP contribution in [-0.4, -0.2) is 30.5 Å². The second-order valence-electron chi connectivity index (χ2n) is 3.65. The molecule has 5 heteroatoms. The van der Waals surface area contributed by atoms with Crippen molar-refractivity contribution in [3.63, 3.8) is 0 Å². The van der Waals surface area contributed by atoms with E-state index in [2.05, 4.69) is 5.10 Å². The largest absolute Gasteiger partial charge is 0.435 e. The molecule has 0 N–H and O–H groups in total. The molecule has 0 aromatic rings. The van der Waals surface area contributed by atoms with Crippen molar-refractivity contribution in [2.45, 2.75) is 25.9 Å². The summed E-state index contributed by atoms with van der Waals surface area (Å²) in [5.74, 6) is 0.324. The van der Waals surface area contributed by atoms with E-state index < -0.39 is 11.9 Å². The monoisotopic (exact) mass is 220 g/mol. The second kappa shape index (κ2) is 4.68. The number of halogens is 3. The van der Waals surface area contributed by atoms with Crippen molar-refractivity contribution in [3.8, 4) is 0 Å². The van der Waals surface area contributed by atoms with Crippen LogP contribution >= 0.6 is 0 Å². The minimum Gasteiger partial charge on any atom is -0.300 e. The van der Waals surface area contributed by atoms with Gasteiger partial charge < -0.3 is 0 Å². The molecular weight excluding hydrogens is 205 g/mol. The van der Waals surface area contributed by atoms with Crippen LogP contribution in [0.2, 0.25) is 0 Å². The maximum atomic E-state index is 12.5. The van der Waals surface area contributed by atoms with Gasteiger partial charge in [-0.2, -0.15) is 18.3 Å². The molecule has 1 saturated carbocycles. The average Bonchev–Trinajstić information content (AvgIpc) is 2.93. The number of hydrogen-bond donors (Lipinski definition) is 0. The summed E-state index contributed by atoms with van der Waals surface area (Å²) in [4.78, 5) is 0. The van der Waals surface area contributed by atoms with Gasteiger partial charge >= 0.3 is 6.18 Å². The van der Waals surface area contributed by atoms with Crippen molar-refractivity contribution in [1.82, 2.24) is 5.01 Å². The van der Waals surface area contributed by atoms with Gasteiger partial charge in [0.2, 0.25) is 0 Å². The van der Waals surface area contributed by atoms with E-state index in [0.717, 1.165) is 18.9 Å². The van der Waals surface area contributed by atoms with Gasteiger partial charge in [0.25, 0.3) is 0 Å². The Labute approximate surface area is 87.5 Å². The fraction of sp³-hybridized carbons (Fsp3) is 0.700. The summed E-state index contributed by atoms with van der Waals surface area (Å²) < 4.78 is 37.4. The van der Waals surface area contributed by atoms with Gasteiger partial charge in [-0.05, 0) is 31.8 Å². The summed E-state index contributed by atoms with van der Waals surface area (Å²) in [7, 11) is 1.52. The summed E-state index contributed by atoms with van der Waals surface area (Å²) in [6, 6.07) is 0. The van der Waals surface area contributed by atoms with Crippen LogP contribution in [0.15, 0.2) is 17.3 Å². The quantitative estimate of drug-likeness (QED) is 0.525. The summed E-state index contributed by atoms with van der Waals surface area (Å²) in [5.41, 5.74) is -0.821. The number of allylic oxidation sites excluding steroid dienone is 2. The van der Waals surface area contributed by atoms with E-state index >= 15 is 0 Å². The van der Waals surface area contributed by atoms with Crippen LogP contribution in [0, 0.1) is 5.92 Å². The molecule has 0 spiro atoms. The van der Waals surface area contributed by atoms with Crippen LogP contribution in [0.3, 0.4) is 0 Å². The van der Waals surface area contributed by atoms with Crippen molar-refractivity contribution in [2.24, 2.45) is 11.0 Å². The lowest BCUT2D eigenvalue weighted by molar-refractivity contribution is -0.0589. The van der Waals surface area contributed by atoms with Gasteiger partial charge in [-0.1, -0.05) is 6.08 Å². The summed E-state index contributed by atoms with van der Waals surface area (Å²) in [6.45, 7) is 2.21. The minimum absolute atomic E-state index is 0.324. The number of nitrogens with zero attached hydrogens (tertiary/aromatic N) is 2. The van der Waals surface area contributed by atoms with E-state index in [9.17, 15) is 13.2 Å². The fourth-order valence-electron chi connectivity index (χ4n) is 0.955. The van der Waals surface area contributed by atoms with E-state index in [1.807, 2.05) is 0 Å². The smallest absolute Gasteiger partial charge is 0.300 e. The standard InChI is InChI=1S/C10H15F3N2/c1-3-15(2)14-9(10(11,12)13)7-6-8-4-5-8/h6-8H,3-5H2,1-2H3/b7-6+,14-9+. The molecule has 0 amide bonds.